The van der Waals surface area contributed by atoms with Crippen molar-refractivity contribution >= 4 is 5.91 Å². The van der Waals surface area contributed by atoms with E-state index in [1.807, 2.05) is 0 Å². The molecular formula is C18H26N2O. The highest BCUT2D eigenvalue weighted by molar-refractivity contribution is 5.82. The van der Waals surface area contributed by atoms with E-state index in [1.54, 1.807) is 0 Å². The second kappa shape index (κ2) is 6.61. The van der Waals surface area contributed by atoms with Gasteiger partial charge in [-0.1, -0.05) is 44.0 Å². The predicted octanol–water partition coefficient (Wildman–Crippen LogP) is 2.79. The highest BCUT2D eigenvalue weighted by atomic mass is 16.2. The average Bonchev–Trinajstić information content (AvgIpc) is 2.71. The molecule has 1 aromatic carbocycles. The Bertz CT molecular complexity index is 500. The van der Waals surface area contributed by atoms with Crippen LogP contribution in [-0.4, -0.2) is 18.0 Å². The Morgan fingerprint density at radius 3 is 2.81 bits per heavy atom. The molecule has 0 bridgehead atoms. The molecule has 3 nitrogen and oxygen atoms in total. The van der Waals surface area contributed by atoms with Crippen molar-refractivity contribution in [1.29, 1.82) is 0 Å². The zero-order valence-electron chi connectivity index (χ0n) is 12.9. The maximum Gasteiger partial charge on any atom is 0.237 e. The minimum Gasteiger partial charge on any atom is -0.352 e. The van der Waals surface area contributed by atoms with Gasteiger partial charge < -0.3 is 10.6 Å². The van der Waals surface area contributed by atoms with Crippen molar-refractivity contribution < 1.29 is 4.79 Å². The minimum absolute atomic E-state index is 0.0689. The maximum absolute atomic E-state index is 12.5. The van der Waals surface area contributed by atoms with Gasteiger partial charge in [-0.25, -0.2) is 0 Å². The van der Waals surface area contributed by atoms with Gasteiger partial charge in [0.25, 0.3) is 0 Å². The molecule has 0 spiro atoms. The summed E-state index contributed by atoms with van der Waals surface area (Å²) in [5.41, 5.74) is 2.63. The zero-order valence-corrected chi connectivity index (χ0v) is 12.9. The molecule has 1 aliphatic carbocycles. The summed E-state index contributed by atoms with van der Waals surface area (Å²) in [5.74, 6) is 0.996. The Balaban J connectivity index is 1.57. The van der Waals surface area contributed by atoms with Gasteiger partial charge >= 0.3 is 0 Å². The van der Waals surface area contributed by atoms with E-state index in [2.05, 4.69) is 41.8 Å². The summed E-state index contributed by atoms with van der Waals surface area (Å²) in [7, 11) is 0. The van der Waals surface area contributed by atoms with Gasteiger partial charge in [-0.3, -0.25) is 4.79 Å². The van der Waals surface area contributed by atoms with Crippen LogP contribution in [0.4, 0.5) is 0 Å². The second-order valence-electron chi connectivity index (χ2n) is 6.73. The third-order valence-electron chi connectivity index (χ3n) is 5.00. The summed E-state index contributed by atoms with van der Waals surface area (Å²) in [5, 5.41) is 6.66. The third kappa shape index (κ3) is 3.65. The summed E-state index contributed by atoms with van der Waals surface area (Å²) >= 11 is 0. The first-order chi connectivity index (χ1) is 10.2. The number of hydrogen-bond donors (Lipinski definition) is 2. The number of benzene rings is 1. The lowest BCUT2D eigenvalue weighted by molar-refractivity contribution is -0.124. The molecule has 1 fully saturated rings. The number of nitrogens with one attached hydrogen (secondary N) is 2. The van der Waals surface area contributed by atoms with Crippen LogP contribution in [0.25, 0.3) is 0 Å². The van der Waals surface area contributed by atoms with Crippen molar-refractivity contribution in [1.82, 2.24) is 10.6 Å². The molecule has 2 aliphatic rings. The van der Waals surface area contributed by atoms with E-state index in [-0.39, 0.29) is 11.9 Å². The van der Waals surface area contributed by atoms with Crippen molar-refractivity contribution in [2.45, 2.75) is 64.1 Å². The van der Waals surface area contributed by atoms with Crippen LogP contribution in [0.1, 0.15) is 50.2 Å². The van der Waals surface area contributed by atoms with E-state index < -0.39 is 0 Å². The Kier molecular flexibility index (Phi) is 4.59. The zero-order chi connectivity index (χ0) is 14.7. The largest absolute Gasteiger partial charge is 0.352 e. The molecule has 3 heteroatoms. The van der Waals surface area contributed by atoms with Gasteiger partial charge in [0.2, 0.25) is 5.91 Å². The Morgan fingerprint density at radius 2 is 1.95 bits per heavy atom. The molecule has 21 heavy (non-hydrogen) atoms. The highest BCUT2D eigenvalue weighted by Crippen LogP contribution is 2.23. The van der Waals surface area contributed by atoms with E-state index in [9.17, 15) is 4.79 Å². The van der Waals surface area contributed by atoms with Gasteiger partial charge in [0, 0.05) is 12.6 Å². The summed E-state index contributed by atoms with van der Waals surface area (Å²) < 4.78 is 0. The molecule has 1 aromatic rings. The normalized spacial score (nSPS) is 29.3. The fourth-order valence-electron chi connectivity index (χ4n) is 3.57. The van der Waals surface area contributed by atoms with Gasteiger partial charge in [0.1, 0.15) is 0 Å². The number of carbonyl (C=O) groups is 1. The summed E-state index contributed by atoms with van der Waals surface area (Å²) in [6.45, 7) is 3.12. The second-order valence-corrected chi connectivity index (χ2v) is 6.73. The molecule has 0 saturated heterocycles. The van der Waals surface area contributed by atoms with Crippen LogP contribution in [0, 0.1) is 5.92 Å². The topological polar surface area (TPSA) is 41.1 Å². The van der Waals surface area contributed by atoms with Crippen LogP contribution < -0.4 is 10.6 Å². The van der Waals surface area contributed by atoms with Gasteiger partial charge in [-0.15, -0.1) is 0 Å². The van der Waals surface area contributed by atoms with Crippen LogP contribution >= 0.6 is 0 Å². The average molecular weight is 286 g/mol. The minimum atomic E-state index is -0.0689. The smallest absolute Gasteiger partial charge is 0.237 e. The van der Waals surface area contributed by atoms with Crippen LogP contribution in [0.2, 0.25) is 0 Å². The van der Waals surface area contributed by atoms with Crippen molar-refractivity contribution in [2.75, 3.05) is 0 Å². The van der Waals surface area contributed by atoms with Gasteiger partial charge in [-0.2, -0.15) is 0 Å². The fourth-order valence-corrected chi connectivity index (χ4v) is 3.57. The Morgan fingerprint density at radius 1 is 1.14 bits per heavy atom. The standard InChI is InChI=1S/C18H26N2O/c1-13-5-4-8-16(10-9-13)20-18(21)17-11-14-6-2-3-7-15(14)12-19-17/h2-3,6-7,13,16-17,19H,4-5,8-12H2,1H3,(H,20,21). The predicted molar refractivity (Wildman–Crippen MR) is 85.0 cm³/mol. The van der Waals surface area contributed by atoms with Crippen molar-refractivity contribution in [3.8, 4) is 0 Å². The Hall–Kier alpha value is -1.35. The molecule has 114 valence electrons. The summed E-state index contributed by atoms with van der Waals surface area (Å²) in [4.78, 5) is 12.5. The van der Waals surface area contributed by atoms with E-state index in [4.69, 9.17) is 0 Å². The fraction of sp³-hybridized carbons (Fsp3) is 0.611. The van der Waals surface area contributed by atoms with Crippen LogP contribution in [0.3, 0.4) is 0 Å². The van der Waals surface area contributed by atoms with E-state index in [1.165, 1.54) is 30.4 Å². The van der Waals surface area contributed by atoms with E-state index in [0.717, 1.165) is 31.7 Å². The number of amides is 1. The highest BCUT2D eigenvalue weighted by Gasteiger charge is 2.26. The molecule has 0 radical (unpaired) electrons. The van der Waals surface area contributed by atoms with Crippen molar-refractivity contribution in [3.63, 3.8) is 0 Å². The summed E-state index contributed by atoms with van der Waals surface area (Å²) in [6, 6.07) is 8.72. The molecular weight excluding hydrogens is 260 g/mol. The number of carbonyl (C=O) groups excluding carboxylic acids is 1. The van der Waals surface area contributed by atoms with Gasteiger partial charge in [-0.05, 0) is 42.7 Å². The van der Waals surface area contributed by atoms with E-state index >= 15 is 0 Å². The molecule has 3 unspecified atom stereocenters. The van der Waals surface area contributed by atoms with Crippen LogP contribution in [-0.2, 0) is 17.8 Å². The molecule has 2 N–H and O–H groups in total. The molecule has 1 aliphatic heterocycles. The van der Waals surface area contributed by atoms with Gasteiger partial charge in [0.05, 0.1) is 6.04 Å². The molecule has 1 amide bonds. The lowest BCUT2D eigenvalue weighted by Crippen LogP contribution is -2.50. The molecule has 1 heterocycles. The molecule has 3 atom stereocenters. The molecule has 0 aromatic heterocycles. The lowest BCUT2D eigenvalue weighted by atomic mass is 9.95. The SMILES string of the molecule is CC1CCCC(NC(=O)C2Cc3ccccc3CN2)CC1. The number of rotatable bonds is 2. The quantitative estimate of drug-likeness (QED) is 0.821. The first-order valence-corrected chi connectivity index (χ1v) is 8.33. The Labute approximate surface area is 127 Å². The summed E-state index contributed by atoms with van der Waals surface area (Å²) in [6.07, 6.45) is 6.88. The van der Waals surface area contributed by atoms with Crippen LogP contribution in [0.15, 0.2) is 24.3 Å². The number of fused-ring (bicyclic) bond motifs is 1. The van der Waals surface area contributed by atoms with Gasteiger partial charge in [0.15, 0.2) is 0 Å². The lowest BCUT2D eigenvalue weighted by Gasteiger charge is -2.27. The first kappa shape index (κ1) is 14.6. The van der Waals surface area contributed by atoms with E-state index in [0.29, 0.717) is 6.04 Å². The maximum atomic E-state index is 12.5. The number of hydrogen-bond acceptors (Lipinski definition) is 2. The first-order valence-electron chi connectivity index (χ1n) is 8.33. The van der Waals surface area contributed by atoms with Crippen molar-refractivity contribution in [2.24, 2.45) is 5.92 Å². The van der Waals surface area contributed by atoms with Crippen molar-refractivity contribution in [3.05, 3.63) is 35.4 Å². The molecule has 3 rings (SSSR count). The molecule has 1 saturated carbocycles. The third-order valence-corrected chi connectivity index (χ3v) is 5.00. The monoisotopic (exact) mass is 286 g/mol. The van der Waals surface area contributed by atoms with Crippen LogP contribution in [0.5, 0.6) is 0 Å².